The molecular weight excluding hydrogens is 214 g/mol. The third-order valence-electron chi connectivity index (χ3n) is 2.84. The van der Waals surface area contributed by atoms with Gasteiger partial charge in [0.2, 0.25) is 0 Å². The summed E-state index contributed by atoms with van der Waals surface area (Å²) >= 11 is 0. The molecule has 0 radical (unpaired) electrons. The summed E-state index contributed by atoms with van der Waals surface area (Å²) in [6, 6.07) is 3.80. The first-order chi connectivity index (χ1) is 8.13. The van der Waals surface area contributed by atoms with E-state index in [1.165, 1.54) is 0 Å². The summed E-state index contributed by atoms with van der Waals surface area (Å²) in [5.74, 6) is 1.56. The second kappa shape index (κ2) is 4.59. The molecule has 0 amide bonds. The fraction of sp³-hybridized carbons (Fsp3) is 0.308. The van der Waals surface area contributed by atoms with Gasteiger partial charge in [0.1, 0.15) is 11.6 Å². The molecule has 0 saturated heterocycles. The zero-order valence-electron chi connectivity index (χ0n) is 10.3. The molecule has 4 heteroatoms. The quantitative estimate of drug-likeness (QED) is 0.850. The van der Waals surface area contributed by atoms with Crippen molar-refractivity contribution in [2.45, 2.75) is 19.9 Å². The SMILES string of the molecule is COc1cc(C)cc(C)c1C(N)c1ncc[nH]1. The topological polar surface area (TPSA) is 63.9 Å². The van der Waals surface area contributed by atoms with Gasteiger partial charge in [0.25, 0.3) is 0 Å². The molecule has 2 aromatic rings. The predicted octanol–water partition coefficient (Wildman–Crippen LogP) is 2.08. The molecule has 0 fully saturated rings. The van der Waals surface area contributed by atoms with Crippen LogP contribution in [0.5, 0.6) is 5.75 Å². The molecule has 1 aromatic carbocycles. The smallest absolute Gasteiger partial charge is 0.127 e. The van der Waals surface area contributed by atoms with Gasteiger partial charge in [-0.05, 0) is 31.0 Å². The Morgan fingerprint density at radius 2 is 2.12 bits per heavy atom. The van der Waals surface area contributed by atoms with Crippen molar-refractivity contribution in [3.63, 3.8) is 0 Å². The Kier molecular flexibility index (Phi) is 3.15. The predicted molar refractivity (Wildman–Crippen MR) is 67.1 cm³/mol. The highest BCUT2D eigenvalue weighted by Gasteiger charge is 2.18. The highest BCUT2D eigenvalue weighted by Crippen LogP contribution is 2.31. The Labute approximate surface area is 101 Å². The molecule has 90 valence electrons. The minimum Gasteiger partial charge on any atom is -0.496 e. The van der Waals surface area contributed by atoms with Crippen molar-refractivity contribution in [2.75, 3.05) is 7.11 Å². The van der Waals surface area contributed by atoms with Crippen LogP contribution >= 0.6 is 0 Å². The Balaban J connectivity index is 2.51. The zero-order valence-corrected chi connectivity index (χ0v) is 10.3. The molecule has 1 atom stereocenters. The summed E-state index contributed by atoms with van der Waals surface area (Å²) in [5, 5.41) is 0. The molecule has 0 aliphatic carbocycles. The Hall–Kier alpha value is -1.81. The van der Waals surface area contributed by atoms with Crippen molar-refractivity contribution in [1.29, 1.82) is 0 Å². The molecule has 1 heterocycles. The number of rotatable bonds is 3. The Bertz CT molecular complexity index is 506. The lowest BCUT2D eigenvalue weighted by Crippen LogP contribution is -2.16. The number of aromatic nitrogens is 2. The van der Waals surface area contributed by atoms with Gasteiger partial charge in [0.15, 0.2) is 0 Å². The van der Waals surface area contributed by atoms with Crippen molar-refractivity contribution in [2.24, 2.45) is 5.73 Å². The van der Waals surface area contributed by atoms with E-state index in [-0.39, 0.29) is 6.04 Å². The molecular formula is C13H17N3O. The molecule has 0 saturated carbocycles. The number of hydrogen-bond acceptors (Lipinski definition) is 3. The molecule has 17 heavy (non-hydrogen) atoms. The van der Waals surface area contributed by atoms with Crippen molar-refractivity contribution in [1.82, 2.24) is 9.97 Å². The number of hydrogen-bond donors (Lipinski definition) is 2. The van der Waals surface area contributed by atoms with E-state index in [0.717, 1.165) is 28.3 Å². The van der Waals surface area contributed by atoms with E-state index in [4.69, 9.17) is 10.5 Å². The van der Waals surface area contributed by atoms with Crippen LogP contribution in [0, 0.1) is 13.8 Å². The zero-order chi connectivity index (χ0) is 12.4. The van der Waals surface area contributed by atoms with Gasteiger partial charge in [-0.25, -0.2) is 4.98 Å². The molecule has 1 unspecified atom stereocenters. The number of methoxy groups -OCH3 is 1. The lowest BCUT2D eigenvalue weighted by molar-refractivity contribution is 0.406. The van der Waals surface area contributed by atoms with Crippen LogP contribution < -0.4 is 10.5 Å². The third kappa shape index (κ3) is 2.17. The first-order valence-electron chi connectivity index (χ1n) is 5.53. The molecule has 2 rings (SSSR count). The van der Waals surface area contributed by atoms with Crippen molar-refractivity contribution >= 4 is 0 Å². The van der Waals surface area contributed by atoms with Gasteiger partial charge in [-0.15, -0.1) is 0 Å². The second-order valence-electron chi connectivity index (χ2n) is 4.15. The number of aryl methyl sites for hydroxylation is 2. The fourth-order valence-electron chi connectivity index (χ4n) is 2.09. The molecule has 0 aliphatic rings. The summed E-state index contributed by atoms with van der Waals surface area (Å²) in [6.45, 7) is 4.07. The Morgan fingerprint density at radius 1 is 1.35 bits per heavy atom. The molecule has 1 aromatic heterocycles. The fourth-order valence-corrected chi connectivity index (χ4v) is 2.09. The number of nitrogens with two attached hydrogens (primary N) is 1. The highest BCUT2D eigenvalue weighted by atomic mass is 16.5. The highest BCUT2D eigenvalue weighted by molar-refractivity contribution is 5.46. The molecule has 4 nitrogen and oxygen atoms in total. The van der Waals surface area contributed by atoms with E-state index in [1.807, 2.05) is 19.9 Å². The van der Waals surface area contributed by atoms with Crippen LogP contribution in [-0.2, 0) is 0 Å². The van der Waals surface area contributed by atoms with Crippen LogP contribution in [0.2, 0.25) is 0 Å². The van der Waals surface area contributed by atoms with E-state index >= 15 is 0 Å². The Morgan fingerprint density at radius 3 is 2.71 bits per heavy atom. The van der Waals surface area contributed by atoms with Gasteiger partial charge >= 0.3 is 0 Å². The van der Waals surface area contributed by atoms with E-state index < -0.39 is 0 Å². The van der Waals surface area contributed by atoms with Gasteiger partial charge < -0.3 is 15.5 Å². The lowest BCUT2D eigenvalue weighted by atomic mass is 9.98. The van der Waals surface area contributed by atoms with Gasteiger partial charge in [0.05, 0.1) is 13.2 Å². The summed E-state index contributed by atoms with van der Waals surface area (Å²) in [5.41, 5.74) is 9.47. The van der Waals surface area contributed by atoms with E-state index in [1.54, 1.807) is 19.5 Å². The van der Waals surface area contributed by atoms with Crippen LogP contribution in [-0.4, -0.2) is 17.1 Å². The van der Waals surface area contributed by atoms with Gasteiger partial charge in [-0.1, -0.05) is 6.07 Å². The van der Waals surface area contributed by atoms with Gasteiger partial charge in [-0.2, -0.15) is 0 Å². The number of aromatic amines is 1. The normalized spacial score (nSPS) is 12.5. The number of ether oxygens (including phenoxy) is 1. The monoisotopic (exact) mass is 231 g/mol. The van der Waals surface area contributed by atoms with Gasteiger partial charge in [-0.3, -0.25) is 0 Å². The number of nitrogens with one attached hydrogen (secondary N) is 1. The number of benzene rings is 1. The maximum atomic E-state index is 6.21. The minimum atomic E-state index is -0.291. The van der Waals surface area contributed by atoms with Crippen LogP contribution in [0.3, 0.4) is 0 Å². The van der Waals surface area contributed by atoms with E-state index in [0.29, 0.717) is 0 Å². The number of imidazole rings is 1. The first kappa shape index (κ1) is 11.7. The minimum absolute atomic E-state index is 0.291. The second-order valence-corrected chi connectivity index (χ2v) is 4.15. The van der Waals surface area contributed by atoms with Crippen LogP contribution in [0.25, 0.3) is 0 Å². The molecule has 0 aliphatic heterocycles. The summed E-state index contributed by atoms with van der Waals surface area (Å²) in [7, 11) is 1.66. The molecule has 0 spiro atoms. The maximum Gasteiger partial charge on any atom is 0.127 e. The maximum absolute atomic E-state index is 6.21. The van der Waals surface area contributed by atoms with E-state index in [9.17, 15) is 0 Å². The third-order valence-corrected chi connectivity index (χ3v) is 2.84. The van der Waals surface area contributed by atoms with Crippen molar-refractivity contribution < 1.29 is 4.74 Å². The molecule has 0 bridgehead atoms. The van der Waals surface area contributed by atoms with Crippen molar-refractivity contribution in [3.8, 4) is 5.75 Å². The molecule has 3 N–H and O–H groups in total. The summed E-state index contributed by atoms with van der Waals surface area (Å²) < 4.78 is 5.40. The summed E-state index contributed by atoms with van der Waals surface area (Å²) in [6.07, 6.45) is 3.47. The van der Waals surface area contributed by atoms with Crippen LogP contribution in [0.4, 0.5) is 0 Å². The average molecular weight is 231 g/mol. The largest absolute Gasteiger partial charge is 0.496 e. The first-order valence-corrected chi connectivity index (χ1v) is 5.53. The standard InChI is InChI=1S/C13H17N3O/c1-8-6-9(2)11(10(7-8)17-3)12(14)13-15-4-5-16-13/h4-7,12H,14H2,1-3H3,(H,15,16). The van der Waals surface area contributed by atoms with Crippen molar-refractivity contribution in [3.05, 3.63) is 47.0 Å². The lowest BCUT2D eigenvalue weighted by Gasteiger charge is -2.17. The average Bonchev–Trinajstić information content (AvgIpc) is 2.80. The summed E-state index contributed by atoms with van der Waals surface area (Å²) in [4.78, 5) is 7.23. The van der Waals surface area contributed by atoms with Gasteiger partial charge in [0, 0.05) is 18.0 Å². The number of H-pyrrole nitrogens is 1. The van der Waals surface area contributed by atoms with Crippen LogP contribution in [0.1, 0.15) is 28.6 Å². The van der Waals surface area contributed by atoms with Crippen LogP contribution in [0.15, 0.2) is 24.5 Å². The van der Waals surface area contributed by atoms with E-state index in [2.05, 4.69) is 16.0 Å². The number of nitrogens with zero attached hydrogens (tertiary/aromatic N) is 1.